The van der Waals surface area contributed by atoms with E-state index < -0.39 is 0 Å². The van der Waals surface area contributed by atoms with Gasteiger partial charge < -0.3 is 9.47 Å². The lowest BCUT2D eigenvalue weighted by Crippen LogP contribution is -2.40. The van der Waals surface area contributed by atoms with Crippen molar-refractivity contribution in [1.82, 2.24) is 0 Å². The molecule has 0 N–H and O–H groups in total. The van der Waals surface area contributed by atoms with Crippen molar-refractivity contribution in [2.24, 2.45) is 47.3 Å². The molecule has 2 nitrogen and oxygen atoms in total. The average Bonchev–Trinajstić information content (AvgIpc) is 3.01. The van der Waals surface area contributed by atoms with E-state index in [4.69, 9.17) is 9.47 Å². The van der Waals surface area contributed by atoms with E-state index in [1.807, 2.05) is 0 Å². The van der Waals surface area contributed by atoms with E-state index in [1.54, 1.807) is 6.42 Å². The van der Waals surface area contributed by atoms with Gasteiger partial charge in [0.2, 0.25) is 0 Å². The van der Waals surface area contributed by atoms with Crippen molar-refractivity contribution in [1.29, 1.82) is 0 Å². The van der Waals surface area contributed by atoms with Crippen LogP contribution >= 0.6 is 0 Å². The van der Waals surface area contributed by atoms with Crippen LogP contribution in [0.4, 0.5) is 0 Å². The molecule has 2 aliphatic heterocycles. The Morgan fingerprint density at radius 3 is 2.12 bits per heavy atom. The second kappa shape index (κ2) is 2.12. The van der Waals surface area contributed by atoms with Crippen LogP contribution in [0.2, 0.25) is 0 Å². The van der Waals surface area contributed by atoms with Crippen molar-refractivity contribution in [2.75, 3.05) is 0 Å². The molecule has 0 aromatic carbocycles. The minimum atomic E-state index is 0.706. The van der Waals surface area contributed by atoms with Gasteiger partial charge in [0, 0.05) is 0 Å². The monoisotopic (exact) mass is 230 g/mol. The van der Waals surface area contributed by atoms with E-state index in [1.165, 1.54) is 12.8 Å². The molecule has 12 atom stereocenters. The van der Waals surface area contributed by atoms with E-state index in [0.717, 1.165) is 59.6 Å². The van der Waals surface area contributed by atoms with Gasteiger partial charge in [0.15, 0.2) is 0 Å². The highest BCUT2D eigenvalue weighted by molar-refractivity contribution is 5.25. The van der Waals surface area contributed by atoms with Crippen LogP contribution in [-0.4, -0.2) is 24.4 Å². The van der Waals surface area contributed by atoms with Gasteiger partial charge in [0.25, 0.3) is 0 Å². The minimum Gasteiger partial charge on any atom is -0.369 e. The van der Waals surface area contributed by atoms with Crippen LogP contribution in [0.1, 0.15) is 19.3 Å². The Labute approximate surface area is 101 Å². The summed E-state index contributed by atoms with van der Waals surface area (Å²) in [7, 11) is 0. The molecule has 0 aromatic rings. The minimum absolute atomic E-state index is 0.706. The molecule has 0 amide bonds. The van der Waals surface area contributed by atoms with Crippen molar-refractivity contribution in [3.63, 3.8) is 0 Å². The van der Waals surface area contributed by atoms with Crippen molar-refractivity contribution in [3.05, 3.63) is 0 Å². The molecule has 4 bridgehead atoms. The molecule has 2 heterocycles. The first kappa shape index (κ1) is 8.16. The maximum absolute atomic E-state index is 5.93. The highest BCUT2D eigenvalue weighted by Crippen LogP contribution is 2.77. The second-order valence-electron chi connectivity index (χ2n) is 7.96. The first-order chi connectivity index (χ1) is 8.42. The molecule has 0 aromatic heterocycles. The summed E-state index contributed by atoms with van der Waals surface area (Å²) in [5.41, 5.74) is 0. The van der Waals surface area contributed by atoms with Crippen molar-refractivity contribution in [3.8, 4) is 0 Å². The number of ether oxygens (including phenoxy) is 2. The molecule has 90 valence electrons. The fourth-order valence-electron chi connectivity index (χ4n) is 7.81. The largest absolute Gasteiger partial charge is 0.369 e. The van der Waals surface area contributed by atoms with Gasteiger partial charge in [0.05, 0.1) is 24.4 Å². The third kappa shape index (κ3) is 0.669. The zero-order valence-electron chi connectivity index (χ0n) is 9.87. The summed E-state index contributed by atoms with van der Waals surface area (Å²) in [6.45, 7) is 0. The predicted molar refractivity (Wildman–Crippen MR) is 59.1 cm³/mol. The lowest BCUT2D eigenvalue weighted by atomic mass is 9.64. The summed E-state index contributed by atoms with van der Waals surface area (Å²) in [5.74, 6) is 8.32. The van der Waals surface area contributed by atoms with Crippen LogP contribution < -0.4 is 0 Å². The topological polar surface area (TPSA) is 25.1 Å². The fraction of sp³-hybridized carbons (Fsp3) is 1.00. The third-order valence-corrected chi connectivity index (χ3v) is 7.96. The maximum Gasteiger partial charge on any atom is 0.0875 e. The molecule has 5 saturated carbocycles. The van der Waals surface area contributed by atoms with E-state index in [-0.39, 0.29) is 0 Å². The second-order valence-corrected chi connectivity index (χ2v) is 7.96. The van der Waals surface area contributed by atoms with Crippen LogP contribution in [0.15, 0.2) is 0 Å². The van der Waals surface area contributed by atoms with Crippen molar-refractivity contribution < 1.29 is 9.47 Å². The molecule has 7 rings (SSSR count). The Hall–Kier alpha value is -0.0800. The Bertz CT molecular complexity index is 448. The SMILES string of the molecule is C1[C@@H]2[C@@H]3[C@@H](C[C@H]4O[C@@H]34)[C@H]1[C@@H]1[C@H]3C[C@H]([C@@H]4O[C@H]34)[C@H]21. The summed E-state index contributed by atoms with van der Waals surface area (Å²) in [5, 5.41) is 0. The van der Waals surface area contributed by atoms with Gasteiger partial charge in [-0.05, 0) is 66.6 Å². The molecule has 0 radical (unpaired) electrons. The Morgan fingerprint density at radius 2 is 1.24 bits per heavy atom. The van der Waals surface area contributed by atoms with E-state index >= 15 is 0 Å². The summed E-state index contributed by atoms with van der Waals surface area (Å²) in [4.78, 5) is 0. The smallest absolute Gasteiger partial charge is 0.0875 e. The molecule has 7 aliphatic rings. The zero-order chi connectivity index (χ0) is 10.5. The van der Waals surface area contributed by atoms with Crippen LogP contribution in [-0.2, 0) is 9.47 Å². The molecule has 0 unspecified atom stereocenters. The summed E-state index contributed by atoms with van der Waals surface area (Å²) in [6, 6.07) is 0. The van der Waals surface area contributed by atoms with Gasteiger partial charge in [-0.3, -0.25) is 0 Å². The Balaban J connectivity index is 1.39. The molecular formula is C15H18O2. The van der Waals surface area contributed by atoms with E-state index in [9.17, 15) is 0 Å². The van der Waals surface area contributed by atoms with E-state index in [2.05, 4.69) is 0 Å². The van der Waals surface area contributed by atoms with Crippen LogP contribution in [0.25, 0.3) is 0 Å². The lowest BCUT2D eigenvalue weighted by molar-refractivity contribution is 0.0447. The Morgan fingerprint density at radius 1 is 0.529 bits per heavy atom. The van der Waals surface area contributed by atoms with Crippen LogP contribution in [0.5, 0.6) is 0 Å². The average molecular weight is 230 g/mol. The van der Waals surface area contributed by atoms with Gasteiger partial charge in [-0.15, -0.1) is 0 Å². The number of rotatable bonds is 0. The molecule has 0 spiro atoms. The summed E-state index contributed by atoms with van der Waals surface area (Å²) in [6.07, 6.45) is 7.40. The quantitative estimate of drug-likeness (QED) is 0.467. The molecule has 7 fully saturated rings. The van der Waals surface area contributed by atoms with Crippen LogP contribution in [0.3, 0.4) is 0 Å². The third-order valence-electron chi connectivity index (χ3n) is 7.96. The molecule has 2 saturated heterocycles. The number of epoxide rings is 2. The van der Waals surface area contributed by atoms with Gasteiger partial charge >= 0.3 is 0 Å². The first-order valence-electron chi connectivity index (χ1n) is 7.73. The molecule has 17 heavy (non-hydrogen) atoms. The number of hydrogen-bond acceptors (Lipinski definition) is 2. The maximum atomic E-state index is 5.93. The normalized spacial score (nSPS) is 83.3. The van der Waals surface area contributed by atoms with Gasteiger partial charge in [-0.2, -0.15) is 0 Å². The fourth-order valence-corrected chi connectivity index (χ4v) is 7.81. The highest BCUT2D eigenvalue weighted by Gasteiger charge is 2.78. The number of fused-ring (bicyclic) bond motifs is 17. The molecular weight excluding hydrogens is 212 g/mol. The molecule has 2 heteroatoms. The summed E-state index contributed by atoms with van der Waals surface area (Å²) < 4.78 is 11.8. The van der Waals surface area contributed by atoms with Gasteiger partial charge in [-0.25, -0.2) is 0 Å². The standard InChI is InChI=1S/C15H18O2/c1-4-5-3-9-15(16-9)12(5)6(1)11-8-2-7(10(4)11)13-14(8)17-13/h4-15H,1-3H2/t4-,5-,6-,7+,8-,9+,10+,11-,12-,13+,14-,15+/m0/s1. The van der Waals surface area contributed by atoms with Crippen LogP contribution in [0, 0.1) is 47.3 Å². The predicted octanol–water partition coefficient (Wildman–Crippen LogP) is 1.69. The first-order valence-corrected chi connectivity index (χ1v) is 7.73. The zero-order valence-corrected chi connectivity index (χ0v) is 9.87. The summed E-state index contributed by atoms with van der Waals surface area (Å²) >= 11 is 0. The highest BCUT2D eigenvalue weighted by atomic mass is 16.6. The van der Waals surface area contributed by atoms with Gasteiger partial charge in [-0.1, -0.05) is 0 Å². The lowest BCUT2D eigenvalue weighted by Gasteiger charge is -2.40. The Kier molecular flexibility index (Phi) is 1.02. The van der Waals surface area contributed by atoms with Crippen molar-refractivity contribution in [2.45, 2.75) is 43.7 Å². The molecule has 5 aliphatic carbocycles. The number of hydrogen-bond donors (Lipinski definition) is 0. The van der Waals surface area contributed by atoms with Gasteiger partial charge in [0.1, 0.15) is 0 Å². The van der Waals surface area contributed by atoms with Crippen molar-refractivity contribution >= 4 is 0 Å². The van der Waals surface area contributed by atoms with E-state index in [0.29, 0.717) is 12.2 Å².